The van der Waals surface area contributed by atoms with Crippen molar-refractivity contribution in [3.8, 4) is 5.75 Å². The molecular formula is C14H11F3N2O4S. The molecule has 24 heavy (non-hydrogen) atoms. The first-order valence-corrected chi connectivity index (χ1v) is 7.60. The van der Waals surface area contributed by atoms with Crippen LogP contribution in [0.1, 0.15) is 16.5 Å². The quantitative estimate of drug-likeness (QED) is 0.646. The number of rotatable bonds is 3. The molecule has 0 aliphatic carbocycles. The van der Waals surface area contributed by atoms with Gasteiger partial charge in [0.15, 0.2) is 0 Å². The minimum absolute atomic E-state index is 0.0702. The van der Waals surface area contributed by atoms with Gasteiger partial charge in [-0.15, -0.1) is 0 Å². The predicted octanol–water partition coefficient (Wildman–Crippen LogP) is 3.58. The van der Waals surface area contributed by atoms with Gasteiger partial charge in [-0.1, -0.05) is 11.3 Å². The Labute approximate surface area is 137 Å². The van der Waals surface area contributed by atoms with E-state index in [1.54, 1.807) is 0 Å². The number of halogens is 3. The number of alkyl halides is 3. The van der Waals surface area contributed by atoms with E-state index in [1.807, 2.05) is 0 Å². The largest absolute Gasteiger partial charge is 0.489 e. The van der Waals surface area contributed by atoms with Crippen LogP contribution in [0.2, 0.25) is 0 Å². The van der Waals surface area contributed by atoms with Crippen LogP contribution >= 0.6 is 11.3 Å². The molecule has 1 aliphatic heterocycles. The van der Waals surface area contributed by atoms with Gasteiger partial charge in [0.25, 0.3) is 0 Å². The zero-order valence-electron chi connectivity index (χ0n) is 11.9. The van der Waals surface area contributed by atoms with Crippen molar-refractivity contribution in [2.45, 2.75) is 18.3 Å². The highest BCUT2D eigenvalue weighted by atomic mass is 32.1. The van der Waals surface area contributed by atoms with E-state index in [0.717, 1.165) is 23.5 Å². The molecule has 2 N–H and O–H groups in total. The second kappa shape index (κ2) is 5.95. The molecule has 0 saturated heterocycles. The maximum Gasteiger partial charge on any atom is 0.416 e. The lowest BCUT2D eigenvalue weighted by Crippen LogP contribution is -2.34. The maximum atomic E-state index is 12.6. The summed E-state index contributed by atoms with van der Waals surface area (Å²) in [7, 11) is 0. The van der Waals surface area contributed by atoms with Crippen LogP contribution in [-0.4, -0.2) is 22.7 Å². The fourth-order valence-corrected chi connectivity index (χ4v) is 3.37. The van der Waals surface area contributed by atoms with Crippen molar-refractivity contribution >= 4 is 22.0 Å². The van der Waals surface area contributed by atoms with E-state index in [9.17, 15) is 28.4 Å². The van der Waals surface area contributed by atoms with Crippen molar-refractivity contribution in [1.29, 1.82) is 0 Å². The molecule has 1 aromatic carbocycles. The van der Waals surface area contributed by atoms with Crippen LogP contribution < -0.4 is 10.1 Å². The van der Waals surface area contributed by atoms with Crippen LogP contribution in [0.15, 0.2) is 30.3 Å². The summed E-state index contributed by atoms with van der Waals surface area (Å²) in [5, 5.41) is 23.7. The van der Waals surface area contributed by atoms with Crippen molar-refractivity contribution in [2.24, 2.45) is 0 Å². The highest BCUT2D eigenvalue weighted by Crippen LogP contribution is 2.44. The third kappa shape index (κ3) is 3.15. The first kappa shape index (κ1) is 16.5. The number of anilines is 1. The van der Waals surface area contributed by atoms with Crippen molar-refractivity contribution in [1.82, 2.24) is 0 Å². The Kier molecular flexibility index (Phi) is 4.10. The summed E-state index contributed by atoms with van der Waals surface area (Å²) in [5.74, 6) is 0.293. The summed E-state index contributed by atoms with van der Waals surface area (Å²) in [6.07, 6.45) is -5.42. The SMILES string of the molecule is O=[N+]([O-])c1cc2c(s1)C(Nc1ccc(C(F)(F)F)cc1)C(O)CO2. The minimum Gasteiger partial charge on any atom is -0.489 e. The number of thiophene rings is 1. The molecule has 0 radical (unpaired) electrons. The Bertz CT molecular complexity index is 760. The van der Waals surface area contributed by atoms with Gasteiger partial charge in [0.2, 0.25) is 0 Å². The lowest BCUT2D eigenvalue weighted by molar-refractivity contribution is -0.380. The molecule has 1 aliphatic rings. The summed E-state index contributed by atoms with van der Waals surface area (Å²) < 4.78 is 43.0. The number of aliphatic hydroxyl groups is 1. The Morgan fingerprint density at radius 1 is 1.33 bits per heavy atom. The highest BCUT2D eigenvalue weighted by molar-refractivity contribution is 7.15. The van der Waals surface area contributed by atoms with Crippen molar-refractivity contribution in [2.75, 3.05) is 11.9 Å². The van der Waals surface area contributed by atoms with E-state index in [-0.39, 0.29) is 11.6 Å². The number of nitro groups is 1. The Morgan fingerprint density at radius 3 is 2.58 bits per heavy atom. The lowest BCUT2D eigenvalue weighted by atomic mass is 10.1. The molecule has 0 saturated carbocycles. The summed E-state index contributed by atoms with van der Waals surface area (Å²) >= 11 is 0.855. The average Bonchev–Trinajstić information content (AvgIpc) is 2.94. The van der Waals surface area contributed by atoms with Gasteiger partial charge in [-0.2, -0.15) is 13.2 Å². The summed E-state index contributed by atoms with van der Waals surface area (Å²) in [6, 6.07) is 4.90. The third-order valence-corrected chi connectivity index (χ3v) is 4.65. The van der Waals surface area contributed by atoms with Crippen LogP contribution in [0.4, 0.5) is 23.9 Å². The van der Waals surface area contributed by atoms with Gasteiger partial charge < -0.3 is 15.2 Å². The number of nitrogens with zero attached hydrogens (tertiary/aromatic N) is 1. The van der Waals surface area contributed by atoms with Gasteiger partial charge in [0.1, 0.15) is 18.5 Å². The fourth-order valence-electron chi connectivity index (χ4n) is 2.34. The number of hydrogen-bond donors (Lipinski definition) is 2. The first-order chi connectivity index (χ1) is 11.3. The molecule has 6 nitrogen and oxygen atoms in total. The average molecular weight is 360 g/mol. The molecule has 3 rings (SSSR count). The van der Waals surface area contributed by atoms with E-state index in [4.69, 9.17) is 4.74 Å². The van der Waals surface area contributed by atoms with Gasteiger partial charge in [-0.3, -0.25) is 10.1 Å². The molecule has 0 bridgehead atoms. The molecule has 2 aromatic rings. The number of nitrogens with one attached hydrogen (secondary N) is 1. The number of fused-ring (bicyclic) bond motifs is 1. The molecule has 10 heteroatoms. The number of aliphatic hydroxyl groups excluding tert-OH is 1. The Hall–Kier alpha value is -2.33. The van der Waals surface area contributed by atoms with Gasteiger partial charge in [0, 0.05) is 5.69 Å². The molecule has 0 fully saturated rings. The lowest BCUT2D eigenvalue weighted by Gasteiger charge is -2.29. The molecule has 1 aromatic heterocycles. The minimum atomic E-state index is -4.43. The molecule has 0 amide bonds. The van der Waals surface area contributed by atoms with E-state index in [0.29, 0.717) is 16.3 Å². The molecule has 2 heterocycles. The van der Waals surface area contributed by atoms with Crippen molar-refractivity contribution < 1.29 is 27.9 Å². The summed E-state index contributed by atoms with van der Waals surface area (Å²) in [5.41, 5.74) is -0.427. The van der Waals surface area contributed by atoms with Crippen LogP contribution in [0.3, 0.4) is 0 Å². The number of hydrogen-bond acceptors (Lipinski definition) is 6. The molecule has 0 spiro atoms. The maximum absolute atomic E-state index is 12.6. The topological polar surface area (TPSA) is 84.6 Å². The van der Waals surface area contributed by atoms with E-state index in [2.05, 4.69) is 5.32 Å². The third-order valence-electron chi connectivity index (χ3n) is 3.50. The number of benzene rings is 1. The van der Waals surface area contributed by atoms with Gasteiger partial charge in [0.05, 0.1) is 27.5 Å². The molecule has 128 valence electrons. The van der Waals surface area contributed by atoms with Crippen LogP contribution in [0, 0.1) is 10.1 Å². The van der Waals surface area contributed by atoms with Gasteiger partial charge >= 0.3 is 11.2 Å². The van der Waals surface area contributed by atoms with Crippen LogP contribution in [-0.2, 0) is 6.18 Å². The second-order valence-corrected chi connectivity index (χ2v) is 6.21. The summed E-state index contributed by atoms with van der Waals surface area (Å²) in [4.78, 5) is 10.7. The first-order valence-electron chi connectivity index (χ1n) is 6.78. The Balaban J connectivity index is 1.86. The predicted molar refractivity (Wildman–Crippen MR) is 80.3 cm³/mol. The molecule has 2 unspecified atom stereocenters. The molecular weight excluding hydrogens is 349 g/mol. The number of ether oxygens (including phenoxy) is 1. The Morgan fingerprint density at radius 2 is 2.00 bits per heavy atom. The van der Waals surface area contributed by atoms with Crippen LogP contribution in [0.25, 0.3) is 0 Å². The zero-order chi connectivity index (χ0) is 17.5. The zero-order valence-corrected chi connectivity index (χ0v) is 12.7. The second-order valence-electron chi connectivity index (χ2n) is 5.15. The normalized spacial score (nSPS) is 20.2. The van der Waals surface area contributed by atoms with Gasteiger partial charge in [-0.25, -0.2) is 0 Å². The van der Waals surface area contributed by atoms with Crippen LogP contribution in [0.5, 0.6) is 5.75 Å². The molecule has 2 atom stereocenters. The highest BCUT2D eigenvalue weighted by Gasteiger charge is 2.35. The van der Waals surface area contributed by atoms with E-state index in [1.165, 1.54) is 18.2 Å². The van der Waals surface area contributed by atoms with Gasteiger partial charge in [-0.05, 0) is 24.3 Å². The smallest absolute Gasteiger partial charge is 0.416 e. The fraction of sp³-hybridized carbons (Fsp3) is 0.286. The van der Waals surface area contributed by atoms with Crippen molar-refractivity contribution in [3.05, 3.63) is 50.9 Å². The van der Waals surface area contributed by atoms with E-state index < -0.39 is 28.8 Å². The van der Waals surface area contributed by atoms with E-state index >= 15 is 0 Å². The summed E-state index contributed by atoms with van der Waals surface area (Å²) in [6.45, 7) is -0.0702. The monoisotopic (exact) mass is 360 g/mol. The van der Waals surface area contributed by atoms with Crippen molar-refractivity contribution in [3.63, 3.8) is 0 Å². The standard InChI is InChI=1S/C14H11F3N2O4S/c15-14(16,17)7-1-3-8(4-2-7)18-12-9(20)6-23-10-5-11(19(21)22)24-13(10)12/h1-5,9,12,18,20H,6H2.